The Labute approximate surface area is 197 Å². The molecule has 0 spiro atoms. The van der Waals surface area contributed by atoms with Crippen LogP contribution in [-0.4, -0.2) is 10.7 Å². The van der Waals surface area contributed by atoms with Crippen LogP contribution in [0.4, 0.5) is 5.69 Å². The summed E-state index contributed by atoms with van der Waals surface area (Å²) >= 11 is 1.74. The van der Waals surface area contributed by atoms with Gasteiger partial charge in [-0.15, -0.1) is 11.8 Å². The highest BCUT2D eigenvalue weighted by molar-refractivity contribution is 8.07. The van der Waals surface area contributed by atoms with Crippen molar-refractivity contribution in [2.45, 2.75) is 0 Å². The zero-order chi connectivity index (χ0) is 19.8. The first-order valence-corrected chi connectivity index (χ1v) is 10.9. The molecule has 0 atom stereocenters. The van der Waals surface area contributed by atoms with Crippen LogP contribution in [0.25, 0.3) is 32.8 Å². The van der Waals surface area contributed by atoms with Crippen LogP contribution >= 0.6 is 11.8 Å². The number of imidazole rings is 1. The lowest BCUT2D eigenvalue weighted by atomic mass is 10.1. The minimum Gasteiger partial charge on any atom is -1.00 e. The molecule has 150 valence electrons. The fourth-order valence-electron chi connectivity index (χ4n) is 3.97. The summed E-state index contributed by atoms with van der Waals surface area (Å²) < 4.78 is 4.64. The van der Waals surface area contributed by atoms with Crippen molar-refractivity contribution in [1.29, 1.82) is 0 Å². The summed E-state index contributed by atoms with van der Waals surface area (Å²) in [5.74, 6) is 0. The van der Waals surface area contributed by atoms with Gasteiger partial charge in [-0.2, -0.15) is 4.40 Å². The zero-order valence-electron chi connectivity index (χ0n) is 16.8. The number of fused-ring (bicyclic) bond motifs is 3. The standard InChI is InChI=1S/C25H21N3S.HI/c1-27-21-15-9-10-16-22(21)28-23(27)17-20(18-11-5-3-6-12-18)24(28)25(29-2)26-19-13-7-4-8-14-19;/h3-17H,1-2H3;1H. The maximum Gasteiger partial charge on any atom is 0.288 e. The normalized spacial score (nSPS) is 12.1. The summed E-state index contributed by atoms with van der Waals surface area (Å²) in [4.78, 5) is 0. The Hall–Kier alpha value is -2.51. The van der Waals surface area contributed by atoms with Gasteiger partial charge in [0.1, 0.15) is 5.03 Å². The van der Waals surface area contributed by atoms with E-state index >= 15 is 0 Å². The van der Waals surface area contributed by atoms with Gasteiger partial charge in [0.25, 0.3) is 5.65 Å². The molecule has 3 aromatic carbocycles. The largest absolute Gasteiger partial charge is 1.00 e. The topological polar surface area (TPSA) is 20.3 Å². The molecule has 30 heavy (non-hydrogen) atoms. The molecule has 3 nitrogen and oxygen atoms in total. The Morgan fingerprint density at radius 3 is 2.20 bits per heavy atom. The first-order chi connectivity index (χ1) is 14.3. The van der Waals surface area contributed by atoms with Crippen LogP contribution in [-0.2, 0) is 7.05 Å². The third kappa shape index (κ3) is 3.46. The lowest BCUT2D eigenvalue weighted by molar-refractivity contribution is -0.618. The van der Waals surface area contributed by atoms with E-state index in [2.05, 4.69) is 113 Å². The molecule has 0 fully saturated rings. The predicted octanol–water partition coefficient (Wildman–Crippen LogP) is 1.85. The molecule has 5 heteroatoms. The number of anilines is 1. The number of para-hydroxylation sites is 3. The van der Waals surface area contributed by atoms with E-state index in [0.29, 0.717) is 0 Å². The number of nitrogens with zero attached hydrogens (tertiary/aromatic N) is 2. The molecule has 1 N–H and O–H groups in total. The predicted molar refractivity (Wildman–Crippen MR) is 124 cm³/mol. The Kier molecular flexibility index (Phi) is 6.01. The van der Waals surface area contributed by atoms with Gasteiger partial charge in [-0.05, 0) is 36.1 Å². The van der Waals surface area contributed by atoms with Gasteiger partial charge in [-0.25, -0.2) is 4.57 Å². The lowest BCUT2D eigenvalue weighted by Crippen LogP contribution is -3.00. The number of rotatable bonds is 4. The highest BCUT2D eigenvalue weighted by atomic mass is 127. The fraction of sp³-hybridized carbons (Fsp3) is 0.0800. The number of benzene rings is 3. The van der Waals surface area contributed by atoms with E-state index in [0.717, 1.165) is 10.7 Å². The monoisotopic (exact) mass is 523 g/mol. The van der Waals surface area contributed by atoms with Crippen LogP contribution in [0.2, 0.25) is 0 Å². The second-order valence-corrected chi connectivity index (χ2v) is 7.85. The average Bonchev–Trinajstić information content (AvgIpc) is 3.30. The molecule has 0 amide bonds. The average molecular weight is 523 g/mol. The molecule has 0 bridgehead atoms. The summed E-state index contributed by atoms with van der Waals surface area (Å²) in [7, 11) is 2.14. The van der Waals surface area contributed by atoms with Crippen molar-refractivity contribution in [1.82, 2.24) is 4.40 Å². The third-order valence-corrected chi connectivity index (χ3v) is 6.05. The van der Waals surface area contributed by atoms with Gasteiger partial charge >= 0.3 is 0 Å². The number of thioether (sulfide) groups is 1. The molecular weight excluding hydrogens is 501 g/mol. The highest BCUT2D eigenvalue weighted by Crippen LogP contribution is 2.25. The second kappa shape index (κ2) is 8.70. The summed E-state index contributed by atoms with van der Waals surface area (Å²) in [6.45, 7) is 0. The Bertz CT molecular complexity index is 1360. The van der Waals surface area contributed by atoms with Crippen molar-refractivity contribution in [3.05, 3.63) is 96.3 Å². The van der Waals surface area contributed by atoms with E-state index in [1.807, 2.05) is 6.07 Å². The zero-order valence-corrected chi connectivity index (χ0v) is 19.8. The van der Waals surface area contributed by atoms with Gasteiger partial charge in [0.2, 0.25) is 0 Å². The van der Waals surface area contributed by atoms with Crippen LogP contribution < -0.4 is 39.2 Å². The van der Waals surface area contributed by atoms with Crippen LogP contribution in [0.3, 0.4) is 0 Å². The van der Waals surface area contributed by atoms with Gasteiger partial charge in [0.05, 0.1) is 7.05 Å². The molecule has 0 radical (unpaired) electrons. The molecule has 5 aromatic rings. The van der Waals surface area contributed by atoms with Crippen LogP contribution in [0.1, 0.15) is 0 Å². The van der Waals surface area contributed by atoms with Crippen molar-refractivity contribution in [3.63, 3.8) is 0 Å². The number of hydrogen-bond donors (Lipinski definition) is 1. The number of halogens is 1. The van der Waals surface area contributed by atoms with E-state index < -0.39 is 0 Å². The van der Waals surface area contributed by atoms with E-state index in [-0.39, 0.29) is 24.0 Å². The minimum atomic E-state index is 0. The smallest absolute Gasteiger partial charge is 0.288 e. The lowest BCUT2D eigenvalue weighted by Gasteiger charge is -2.08. The van der Waals surface area contributed by atoms with Gasteiger partial charge in [0, 0.05) is 17.3 Å². The summed E-state index contributed by atoms with van der Waals surface area (Å²) in [5.41, 5.74) is 7.16. The number of nitrogens with one attached hydrogen (secondary N) is 1. The minimum absolute atomic E-state index is 0. The quantitative estimate of drug-likeness (QED) is 0.287. The Morgan fingerprint density at radius 1 is 0.867 bits per heavy atom. The van der Waals surface area contributed by atoms with Crippen LogP contribution in [0, 0.1) is 0 Å². The van der Waals surface area contributed by atoms with E-state index in [9.17, 15) is 0 Å². The molecule has 0 aliphatic heterocycles. The van der Waals surface area contributed by atoms with Crippen molar-refractivity contribution in [3.8, 4) is 11.1 Å². The van der Waals surface area contributed by atoms with Crippen LogP contribution in [0.15, 0.2) is 91.0 Å². The van der Waals surface area contributed by atoms with Crippen LogP contribution in [0.5, 0.6) is 0 Å². The van der Waals surface area contributed by atoms with Gasteiger partial charge in [-0.1, -0.05) is 60.7 Å². The number of aromatic nitrogens is 2. The summed E-state index contributed by atoms with van der Waals surface area (Å²) in [5, 5.41) is 5.98. The molecule has 0 saturated carbocycles. The summed E-state index contributed by atoms with van der Waals surface area (Å²) in [6, 6.07) is 31.9. The molecule has 5 rings (SSSR count). The highest BCUT2D eigenvalue weighted by Gasteiger charge is 2.24. The SMILES string of the molecule is CS/C(Nc1ccccc1)=c1\c(-c2ccccc2)cc2n1c1ccccc1[n+]2C.[I-]. The molecule has 2 heterocycles. The Morgan fingerprint density at radius 2 is 1.50 bits per heavy atom. The molecule has 0 unspecified atom stereocenters. The van der Waals surface area contributed by atoms with Crippen molar-refractivity contribution >= 4 is 39.2 Å². The fourth-order valence-corrected chi connectivity index (χ4v) is 4.58. The summed E-state index contributed by atoms with van der Waals surface area (Å²) in [6.07, 6.45) is 2.13. The van der Waals surface area contributed by atoms with Gasteiger partial charge in [-0.3, -0.25) is 0 Å². The van der Waals surface area contributed by atoms with Gasteiger partial charge in [0.15, 0.2) is 16.4 Å². The molecule has 0 saturated heterocycles. The third-order valence-electron chi connectivity index (χ3n) is 5.34. The maximum atomic E-state index is 3.66. The first-order valence-electron chi connectivity index (χ1n) is 9.65. The number of aryl methyl sites for hydroxylation is 1. The Balaban J connectivity index is 0.00000218. The van der Waals surface area contributed by atoms with Crippen molar-refractivity contribution in [2.75, 3.05) is 11.6 Å². The van der Waals surface area contributed by atoms with E-state index in [1.54, 1.807) is 11.8 Å². The maximum absolute atomic E-state index is 3.66. The first kappa shape index (κ1) is 20.8. The molecule has 2 aromatic heterocycles. The van der Waals surface area contributed by atoms with Crippen molar-refractivity contribution in [2.24, 2.45) is 7.05 Å². The molecular formula is C25H22IN3S. The van der Waals surface area contributed by atoms with Crippen molar-refractivity contribution < 1.29 is 28.5 Å². The molecule has 0 aliphatic carbocycles. The van der Waals surface area contributed by atoms with E-state index in [1.165, 1.54) is 33.2 Å². The second-order valence-electron chi connectivity index (χ2n) is 7.04. The van der Waals surface area contributed by atoms with Gasteiger partial charge < -0.3 is 29.3 Å². The molecule has 0 aliphatic rings. The number of hydrogen-bond acceptors (Lipinski definition) is 2. The van der Waals surface area contributed by atoms with E-state index in [4.69, 9.17) is 0 Å².